The van der Waals surface area contributed by atoms with Crippen molar-refractivity contribution in [2.75, 3.05) is 36.8 Å². The molecule has 4 aromatic rings. The van der Waals surface area contributed by atoms with Crippen molar-refractivity contribution in [3.05, 3.63) is 78.3 Å². The van der Waals surface area contributed by atoms with E-state index in [1.54, 1.807) is 30.2 Å². The van der Waals surface area contributed by atoms with E-state index >= 15 is 0 Å². The molecule has 9 heteroatoms. The van der Waals surface area contributed by atoms with Crippen LogP contribution in [0.25, 0.3) is 17.3 Å². The zero-order valence-corrected chi connectivity index (χ0v) is 21.0. The molecule has 1 saturated heterocycles. The number of benzene rings is 2. The molecule has 7 nitrogen and oxygen atoms in total. The molecule has 2 aromatic heterocycles. The fourth-order valence-corrected chi connectivity index (χ4v) is 5.27. The van der Waals surface area contributed by atoms with Gasteiger partial charge in [-0.2, -0.15) is 0 Å². The number of anilines is 1. The maximum atomic E-state index is 14.1. The Bertz CT molecular complexity index is 1320. The van der Waals surface area contributed by atoms with Crippen molar-refractivity contribution in [1.29, 1.82) is 0 Å². The second kappa shape index (κ2) is 11.0. The summed E-state index contributed by atoms with van der Waals surface area (Å²) < 4.78 is 21.7. The summed E-state index contributed by atoms with van der Waals surface area (Å²) in [6.45, 7) is 4.53. The molecule has 0 bridgehead atoms. The van der Waals surface area contributed by atoms with Crippen LogP contribution in [0.2, 0.25) is 0 Å². The van der Waals surface area contributed by atoms with Gasteiger partial charge in [0.1, 0.15) is 5.82 Å². The van der Waals surface area contributed by atoms with Gasteiger partial charge in [-0.1, -0.05) is 36.0 Å². The van der Waals surface area contributed by atoms with E-state index in [2.05, 4.69) is 29.3 Å². The highest BCUT2D eigenvalue weighted by atomic mass is 32.2. The minimum Gasteiger partial charge on any atom is -0.461 e. The average Bonchev–Trinajstić information content (AvgIpc) is 3.57. The number of para-hydroxylation sites is 1. The highest BCUT2D eigenvalue weighted by Gasteiger charge is 2.23. The number of furan rings is 1. The molecule has 1 fully saturated rings. The van der Waals surface area contributed by atoms with Crippen LogP contribution in [0.15, 0.2) is 76.5 Å². The van der Waals surface area contributed by atoms with Crippen molar-refractivity contribution in [3.8, 4) is 17.3 Å². The van der Waals surface area contributed by atoms with E-state index in [0.29, 0.717) is 49.9 Å². The Morgan fingerprint density at radius 3 is 2.61 bits per heavy atom. The molecule has 0 saturated carbocycles. The minimum absolute atomic E-state index is 0.139. The van der Waals surface area contributed by atoms with E-state index in [4.69, 9.17) is 4.42 Å². The highest BCUT2D eigenvalue weighted by molar-refractivity contribution is 7.99. The van der Waals surface area contributed by atoms with Gasteiger partial charge in [-0.05, 0) is 55.3 Å². The standard InChI is InChI=1S/C27H28FN5O2S/c1-20-7-4-8-21(19-20)33-26(24-11-5-17-35-24)29-30-27(33)36-18-6-12-25(34)32-15-13-31(14-16-32)23-10-3-2-9-22(23)28/h2-5,7-11,17,19H,6,12-16,18H2,1H3. The number of rotatable bonds is 8. The van der Waals surface area contributed by atoms with E-state index in [1.165, 1.54) is 6.07 Å². The van der Waals surface area contributed by atoms with Gasteiger partial charge in [0.25, 0.3) is 0 Å². The predicted molar refractivity (Wildman–Crippen MR) is 139 cm³/mol. The number of nitrogens with zero attached hydrogens (tertiary/aromatic N) is 5. The third-order valence-corrected chi connectivity index (χ3v) is 7.24. The van der Waals surface area contributed by atoms with Gasteiger partial charge in [0.15, 0.2) is 10.9 Å². The van der Waals surface area contributed by atoms with Gasteiger partial charge in [0.05, 0.1) is 17.6 Å². The van der Waals surface area contributed by atoms with E-state index in [1.807, 2.05) is 44.7 Å². The van der Waals surface area contributed by atoms with Crippen molar-refractivity contribution in [2.45, 2.75) is 24.9 Å². The topological polar surface area (TPSA) is 67.4 Å². The zero-order valence-electron chi connectivity index (χ0n) is 20.1. The molecule has 1 aliphatic heterocycles. The number of carbonyl (C=O) groups excluding carboxylic acids is 1. The van der Waals surface area contributed by atoms with Gasteiger partial charge in [-0.3, -0.25) is 9.36 Å². The summed E-state index contributed by atoms with van der Waals surface area (Å²) in [7, 11) is 0. The average molecular weight is 506 g/mol. The molecule has 36 heavy (non-hydrogen) atoms. The lowest BCUT2D eigenvalue weighted by atomic mass is 10.2. The van der Waals surface area contributed by atoms with Gasteiger partial charge in [0.2, 0.25) is 11.7 Å². The van der Waals surface area contributed by atoms with Crippen LogP contribution in [0.4, 0.5) is 10.1 Å². The van der Waals surface area contributed by atoms with Gasteiger partial charge < -0.3 is 14.2 Å². The number of halogens is 1. The lowest BCUT2D eigenvalue weighted by Crippen LogP contribution is -2.49. The van der Waals surface area contributed by atoms with Gasteiger partial charge in [-0.25, -0.2) is 4.39 Å². The summed E-state index contributed by atoms with van der Waals surface area (Å²) in [6.07, 6.45) is 2.82. The zero-order chi connectivity index (χ0) is 24.9. The molecule has 186 valence electrons. The molecule has 0 radical (unpaired) electrons. The van der Waals surface area contributed by atoms with Gasteiger partial charge in [-0.15, -0.1) is 10.2 Å². The van der Waals surface area contributed by atoms with Crippen LogP contribution in [0, 0.1) is 12.7 Å². The maximum Gasteiger partial charge on any atom is 0.222 e. The lowest BCUT2D eigenvalue weighted by molar-refractivity contribution is -0.131. The van der Waals surface area contributed by atoms with Crippen LogP contribution in [0.1, 0.15) is 18.4 Å². The Kier molecular flexibility index (Phi) is 7.36. The summed E-state index contributed by atoms with van der Waals surface area (Å²) in [5.74, 6) is 1.96. The first kappa shape index (κ1) is 24.1. The summed E-state index contributed by atoms with van der Waals surface area (Å²) in [6, 6.07) is 18.7. The highest BCUT2D eigenvalue weighted by Crippen LogP contribution is 2.29. The van der Waals surface area contributed by atoms with E-state index < -0.39 is 0 Å². The molecule has 0 atom stereocenters. The van der Waals surface area contributed by atoms with Crippen molar-refractivity contribution in [3.63, 3.8) is 0 Å². The number of aryl methyl sites for hydroxylation is 1. The minimum atomic E-state index is -0.219. The summed E-state index contributed by atoms with van der Waals surface area (Å²) in [4.78, 5) is 16.7. The number of piperazine rings is 1. The second-order valence-electron chi connectivity index (χ2n) is 8.73. The largest absolute Gasteiger partial charge is 0.461 e. The fraction of sp³-hybridized carbons (Fsp3) is 0.296. The molecule has 1 amide bonds. The Labute approximate surface area is 213 Å². The SMILES string of the molecule is Cc1cccc(-n2c(SCCCC(=O)N3CCN(c4ccccc4F)CC3)nnc2-c2ccco2)c1. The van der Waals surface area contributed by atoms with Crippen LogP contribution in [-0.2, 0) is 4.79 Å². The van der Waals surface area contributed by atoms with E-state index in [0.717, 1.165) is 28.6 Å². The Balaban J connectivity index is 1.17. The number of amides is 1. The van der Waals surface area contributed by atoms with Crippen molar-refractivity contribution >= 4 is 23.4 Å². The van der Waals surface area contributed by atoms with Crippen LogP contribution >= 0.6 is 11.8 Å². The molecule has 0 N–H and O–H groups in total. The van der Waals surface area contributed by atoms with Crippen LogP contribution in [0.3, 0.4) is 0 Å². The normalized spacial score (nSPS) is 13.8. The lowest BCUT2D eigenvalue weighted by Gasteiger charge is -2.36. The van der Waals surface area contributed by atoms with Crippen LogP contribution < -0.4 is 4.90 Å². The molecule has 0 unspecified atom stereocenters. The first-order valence-electron chi connectivity index (χ1n) is 12.1. The molecular formula is C27H28FN5O2S. The fourth-order valence-electron chi connectivity index (χ4n) is 4.38. The monoisotopic (exact) mass is 505 g/mol. The molecule has 3 heterocycles. The molecule has 0 aliphatic carbocycles. The van der Waals surface area contributed by atoms with E-state index in [9.17, 15) is 9.18 Å². The van der Waals surface area contributed by atoms with Crippen LogP contribution in [-0.4, -0.2) is 57.5 Å². The third kappa shape index (κ3) is 5.31. The molecular weight excluding hydrogens is 477 g/mol. The third-order valence-electron chi connectivity index (χ3n) is 6.23. The Hall–Kier alpha value is -3.59. The smallest absolute Gasteiger partial charge is 0.222 e. The number of carbonyl (C=O) groups is 1. The van der Waals surface area contributed by atoms with Crippen molar-refractivity contribution < 1.29 is 13.6 Å². The Morgan fingerprint density at radius 2 is 1.86 bits per heavy atom. The number of hydrogen-bond donors (Lipinski definition) is 0. The van der Waals surface area contributed by atoms with Crippen LogP contribution in [0.5, 0.6) is 0 Å². The summed E-state index contributed by atoms with van der Waals surface area (Å²) in [5.41, 5.74) is 2.72. The summed E-state index contributed by atoms with van der Waals surface area (Å²) >= 11 is 1.58. The molecule has 5 rings (SSSR count). The number of thioether (sulfide) groups is 1. The number of hydrogen-bond acceptors (Lipinski definition) is 6. The quantitative estimate of drug-likeness (QED) is 0.242. The molecule has 0 spiro atoms. The van der Waals surface area contributed by atoms with Gasteiger partial charge >= 0.3 is 0 Å². The molecule has 2 aromatic carbocycles. The Morgan fingerprint density at radius 1 is 1.03 bits per heavy atom. The van der Waals surface area contributed by atoms with Crippen molar-refractivity contribution in [2.24, 2.45) is 0 Å². The number of aromatic nitrogens is 3. The van der Waals surface area contributed by atoms with Gasteiger partial charge in [0, 0.05) is 38.4 Å². The second-order valence-corrected chi connectivity index (χ2v) is 9.79. The maximum absolute atomic E-state index is 14.1. The first-order chi connectivity index (χ1) is 17.6. The molecule has 1 aliphatic rings. The van der Waals surface area contributed by atoms with E-state index in [-0.39, 0.29) is 11.7 Å². The van der Waals surface area contributed by atoms with Crippen molar-refractivity contribution in [1.82, 2.24) is 19.7 Å². The summed E-state index contributed by atoms with van der Waals surface area (Å²) in [5, 5.41) is 9.56. The predicted octanol–water partition coefficient (Wildman–Crippen LogP) is 5.20. The first-order valence-corrected chi connectivity index (χ1v) is 13.0.